The lowest BCUT2D eigenvalue weighted by molar-refractivity contribution is 0.102. The molecule has 0 saturated carbocycles. The molecule has 6 nitrogen and oxygen atoms in total. The van der Waals surface area contributed by atoms with Gasteiger partial charge >= 0.3 is 0 Å². The zero-order valence-electron chi connectivity index (χ0n) is 12.5. The summed E-state index contributed by atoms with van der Waals surface area (Å²) in [6.07, 6.45) is 6.97. The molecule has 3 rings (SSSR count). The highest BCUT2D eigenvalue weighted by molar-refractivity contribution is 6.03. The van der Waals surface area contributed by atoms with Crippen LogP contribution in [0.15, 0.2) is 49.1 Å². The van der Waals surface area contributed by atoms with Gasteiger partial charge in [0, 0.05) is 36.5 Å². The predicted octanol–water partition coefficient (Wildman–Crippen LogP) is 2.65. The first-order chi connectivity index (χ1) is 10.7. The Kier molecular flexibility index (Phi) is 3.74. The van der Waals surface area contributed by atoms with Crippen LogP contribution in [-0.2, 0) is 6.54 Å². The smallest absolute Gasteiger partial charge is 0.258 e. The normalized spacial score (nSPS) is 10.6. The molecule has 2 aromatic heterocycles. The molecule has 0 saturated heterocycles. The van der Waals surface area contributed by atoms with Crippen molar-refractivity contribution in [2.75, 3.05) is 5.32 Å². The maximum Gasteiger partial charge on any atom is 0.258 e. The highest BCUT2D eigenvalue weighted by Crippen LogP contribution is 2.15. The molecule has 0 bridgehead atoms. The van der Waals surface area contributed by atoms with E-state index in [1.54, 1.807) is 23.3 Å². The summed E-state index contributed by atoms with van der Waals surface area (Å²) in [5.74, 6) is 0.759. The highest BCUT2D eigenvalue weighted by Gasteiger charge is 2.09. The van der Waals surface area contributed by atoms with Crippen molar-refractivity contribution in [3.05, 3.63) is 60.4 Å². The molecule has 0 aliphatic carbocycles. The van der Waals surface area contributed by atoms with Gasteiger partial charge in [0.15, 0.2) is 0 Å². The fourth-order valence-corrected chi connectivity index (χ4v) is 2.21. The molecule has 3 aromatic rings. The molecule has 0 atom stereocenters. The third-order valence-electron chi connectivity index (χ3n) is 3.45. The molecule has 0 aliphatic rings. The third kappa shape index (κ3) is 2.76. The van der Waals surface area contributed by atoms with Gasteiger partial charge in [0.25, 0.3) is 5.91 Å². The first-order valence-corrected chi connectivity index (χ1v) is 7.11. The van der Waals surface area contributed by atoms with Crippen molar-refractivity contribution in [3.8, 4) is 5.69 Å². The van der Waals surface area contributed by atoms with Gasteiger partial charge in [-0.1, -0.05) is 0 Å². The SMILES string of the molecule is CCn1cc(C(=O)Nc2ccc(-n3ccnc3C)cc2)cn1. The summed E-state index contributed by atoms with van der Waals surface area (Å²) in [5, 5.41) is 6.97. The predicted molar refractivity (Wildman–Crippen MR) is 84.2 cm³/mol. The molecule has 1 aromatic carbocycles. The van der Waals surface area contributed by atoms with Crippen LogP contribution in [0.3, 0.4) is 0 Å². The van der Waals surface area contributed by atoms with Crippen LogP contribution in [0.2, 0.25) is 0 Å². The molecule has 0 spiro atoms. The summed E-state index contributed by atoms with van der Waals surface area (Å²) in [4.78, 5) is 16.3. The van der Waals surface area contributed by atoms with Crippen molar-refractivity contribution in [1.82, 2.24) is 19.3 Å². The van der Waals surface area contributed by atoms with Gasteiger partial charge in [-0.05, 0) is 38.1 Å². The highest BCUT2D eigenvalue weighted by atomic mass is 16.1. The molecular formula is C16H17N5O. The number of anilines is 1. The van der Waals surface area contributed by atoms with Crippen molar-refractivity contribution < 1.29 is 4.79 Å². The van der Waals surface area contributed by atoms with Crippen LogP contribution in [0.5, 0.6) is 0 Å². The summed E-state index contributed by atoms with van der Waals surface area (Å²) in [6.45, 7) is 4.67. The standard InChI is InChI=1S/C16H17N5O/c1-3-20-11-13(10-18-20)16(22)19-14-4-6-15(7-5-14)21-9-8-17-12(21)2/h4-11H,3H2,1-2H3,(H,19,22). The van der Waals surface area contributed by atoms with E-state index in [0.717, 1.165) is 23.7 Å². The van der Waals surface area contributed by atoms with E-state index < -0.39 is 0 Å². The molecule has 1 N–H and O–H groups in total. The molecule has 0 fully saturated rings. The molecule has 2 heterocycles. The number of carbonyl (C=O) groups excluding carboxylic acids is 1. The number of carbonyl (C=O) groups is 1. The van der Waals surface area contributed by atoms with E-state index in [1.165, 1.54) is 0 Å². The second-order valence-electron chi connectivity index (χ2n) is 4.93. The number of nitrogens with zero attached hydrogens (tertiary/aromatic N) is 4. The van der Waals surface area contributed by atoms with Crippen molar-refractivity contribution in [3.63, 3.8) is 0 Å². The molecule has 1 amide bonds. The van der Waals surface area contributed by atoms with E-state index >= 15 is 0 Å². The number of hydrogen-bond acceptors (Lipinski definition) is 3. The van der Waals surface area contributed by atoms with Crippen LogP contribution in [0.4, 0.5) is 5.69 Å². The van der Waals surface area contributed by atoms with E-state index in [0.29, 0.717) is 5.56 Å². The Morgan fingerprint density at radius 3 is 2.64 bits per heavy atom. The lowest BCUT2D eigenvalue weighted by Crippen LogP contribution is -2.11. The zero-order valence-corrected chi connectivity index (χ0v) is 12.5. The second-order valence-corrected chi connectivity index (χ2v) is 4.93. The number of rotatable bonds is 4. The van der Waals surface area contributed by atoms with Gasteiger partial charge in [-0.3, -0.25) is 9.48 Å². The van der Waals surface area contributed by atoms with Crippen LogP contribution < -0.4 is 5.32 Å². The summed E-state index contributed by atoms with van der Waals surface area (Å²) < 4.78 is 3.71. The molecule has 112 valence electrons. The van der Waals surface area contributed by atoms with E-state index in [2.05, 4.69) is 15.4 Å². The minimum atomic E-state index is -0.161. The number of imidazole rings is 1. The molecule has 0 radical (unpaired) electrons. The van der Waals surface area contributed by atoms with Gasteiger partial charge in [0.05, 0.1) is 11.8 Å². The van der Waals surface area contributed by atoms with E-state index in [4.69, 9.17) is 0 Å². The fourth-order valence-electron chi connectivity index (χ4n) is 2.21. The number of aromatic nitrogens is 4. The Balaban J connectivity index is 1.73. The Morgan fingerprint density at radius 2 is 2.05 bits per heavy atom. The summed E-state index contributed by atoms with van der Waals surface area (Å²) in [5.41, 5.74) is 2.30. The van der Waals surface area contributed by atoms with Gasteiger partial charge in [-0.15, -0.1) is 0 Å². The van der Waals surface area contributed by atoms with E-state index in [1.807, 2.05) is 48.9 Å². The zero-order chi connectivity index (χ0) is 15.5. The lowest BCUT2D eigenvalue weighted by atomic mass is 10.2. The fraction of sp³-hybridized carbons (Fsp3) is 0.188. The average molecular weight is 295 g/mol. The molecule has 22 heavy (non-hydrogen) atoms. The van der Waals surface area contributed by atoms with Gasteiger partial charge in [-0.2, -0.15) is 5.10 Å². The van der Waals surface area contributed by atoms with Gasteiger partial charge < -0.3 is 9.88 Å². The Bertz CT molecular complexity index is 785. The number of benzene rings is 1. The lowest BCUT2D eigenvalue weighted by Gasteiger charge is -2.07. The largest absolute Gasteiger partial charge is 0.322 e. The Morgan fingerprint density at radius 1 is 1.27 bits per heavy atom. The van der Waals surface area contributed by atoms with Crippen molar-refractivity contribution in [1.29, 1.82) is 0 Å². The van der Waals surface area contributed by atoms with Crippen molar-refractivity contribution >= 4 is 11.6 Å². The van der Waals surface area contributed by atoms with Crippen LogP contribution >= 0.6 is 0 Å². The minimum absolute atomic E-state index is 0.161. The third-order valence-corrected chi connectivity index (χ3v) is 3.45. The van der Waals surface area contributed by atoms with Gasteiger partial charge in [0.1, 0.15) is 5.82 Å². The van der Waals surface area contributed by atoms with Crippen LogP contribution in [0, 0.1) is 6.92 Å². The Labute approximate surface area is 128 Å². The second kappa shape index (κ2) is 5.85. The van der Waals surface area contributed by atoms with E-state index in [9.17, 15) is 4.79 Å². The Hall–Kier alpha value is -2.89. The van der Waals surface area contributed by atoms with Crippen LogP contribution in [-0.4, -0.2) is 25.2 Å². The van der Waals surface area contributed by atoms with E-state index in [-0.39, 0.29) is 5.91 Å². The number of aryl methyl sites for hydroxylation is 2. The maximum atomic E-state index is 12.1. The van der Waals surface area contributed by atoms with Crippen molar-refractivity contribution in [2.45, 2.75) is 20.4 Å². The van der Waals surface area contributed by atoms with Crippen LogP contribution in [0.1, 0.15) is 23.1 Å². The monoisotopic (exact) mass is 295 g/mol. The molecule has 6 heteroatoms. The first-order valence-electron chi connectivity index (χ1n) is 7.11. The quantitative estimate of drug-likeness (QED) is 0.804. The summed E-state index contributed by atoms with van der Waals surface area (Å²) in [6, 6.07) is 7.63. The topological polar surface area (TPSA) is 64.7 Å². The van der Waals surface area contributed by atoms with Gasteiger partial charge in [0.2, 0.25) is 0 Å². The van der Waals surface area contributed by atoms with Crippen molar-refractivity contribution in [2.24, 2.45) is 0 Å². The number of hydrogen-bond donors (Lipinski definition) is 1. The first kappa shape index (κ1) is 14.1. The summed E-state index contributed by atoms with van der Waals surface area (Å²) in [7, 11) is 0. The number of nitrogens with one attached hydrogen (secondary N) is 1. The molecule has 0 unspecified atom stereocenters. The maximum absolute atomic E-state index is 12.1. The average Bonchev–Trinajstić information content (AvgIpc) is 3.17. The molecular weight excluding hydrogens is 278 g/mol. The minimum Gasteiger partial charge on any atom is -0.322 e. The van der Waals surface area contributed by atoms with Crippen LogP contribution in [0.25, 0.3) is 5.69 Å². The summed E-state index contributed by atoms with van der Waals surface area (Å²) >= 11 is 0. The number of amides is 1. The van der Waals surface area contributed by atoms with Gasteiger partial charge in [-0.25, -0.2) is 4.98 Å². The molecule has 0 aliphatic heterocycles.